The molecule has 0 rings (SSSR count). The number of carboxylic acid groups (broad SMARTS) is 3. The van der Waals surface area contributed by atoms with Crippen LogP contribution in [0.15, 0.2) is 0 Å². The van der Waals surface area contributed by atoms with Crippen molar-refractivity contribution < 1.29 is 86.9 Å². The van der Waals surface area contributed by atoms with Crippen LogP contribution in [0.1, 0.15) is 174 Å². The summed E-state index contributed by atoms with van der Waals surface area (Å²) in [5, 5.41) is 43.1. The van der Waals surface area contributed by atoms with Crippen LogP contribution >= 0.6 is 0 Å². The van der Waals surface area contributed by atoms with Crippen LogP contribution in [0.2, 0.25) is 0 Å². The summed E-state index contributed by atoms with van der Waals surface area (Å²) in [7, 11) is 0. The fraction of sp³-hybridized carbons (Fsp3) is 0.812. The maximum Gasteiger partial charge on any atom is 0.407 e. The first kappa shape index (κ1) is 66.0. The average molecular weight is 1040 g/mol. The van der Waals surface area contributed by atoms with Crippen molar-refractivity contribution in [2.24, 2.45) is 0 Å². The molecule has 24 nitrogen and oxygen atoms in total. The average Bonchev–Trinajstić information content (AvgIpc) is 3.33. The molecule has 0 bridgehead atoms. The Morgan fingerprint density at radius 3 is 0.778 bits per heavy atom. The Labute approximate surface area is 424 Å². The van der Waals surface area contributed by atoms with E-state index in [2.05, 4.69) is 45.7 Å². The van der Waals surface area contributed by atoms with E-state index in [0.29, 0.717) is 64.2 Å². The number of carboxylic acids is 3. The zero-order valence-electron chi connectivity index (χ0n) is 42.7. The number of amides is 6. The van der Waals surface area contributed by atoms with Crippen LogP contribution in [0.3, 0.4) is 0 Å². The lowest BCUT2D eigenvalue weighted by molar-refractivity contribution is -0.140. The number of rotatable bonds is 45. The van der Waals surface area contributed by atoms with Crippen molar-refractivity contribution in [1.29, 1.82) is 0 Å². The van der Waals surface area contributed by atoms with Crippen molar-refractivity contribution in [2.45, 2.75) is 192 Å². The molecule has 0 radical (unpaired) electrons. The molecule has 0 heterocycles. The van der Waals surface area contributed by atoms with E-state index < -0.39 is 72.6 Å². The molecule has 9 N–H and O–H groups in total. The number of ether oxygens (including phenoxy) is 6. The molecule has 0 saturated heterocycles. The van der Waals surface area contributed by atoms with Gasteiger partial charge in [0.25, 0.3) is 0 Å². The molecule has 0 saturated carbocycles. The van der Waals surface area contributed by atoms with E-state index in [9.17, 15) is 58.5 Å². The van der Waals surface area contributed by atoms with E-state index >= 15 is 0 Å². The Kier molecular flexibility index (Phi) is 42.3. The van der Waals surface area contributed by atoms with Crippen molar-refractivity contribution in [3.63, 3.8) is 0 Å². The van der Waals surface area contributed by atoms with Gasteiger partial charge in [-0.05, 0) is 96.3 Å². The molecule has 0 aromatic heterocycles. The van der Waals surface area contributed by atoms with Crippen LogP contribution in [0.5, 0.6) is 0 Å². The fourth-order valence-corrected chi connectivity index (χ4v) is 6.63. The number of alkyl carbamates (subject to hydrolysis) is 6. The first-order valence-electron chi connectivity index (χ1n) is 25.9. The van der Waals surface area contributed by atoms with Gasteiger partial charge in [0, 0.05) is 19.6 Å². The molecule has 0 aliphatic rings. The minimum Gasteiger partial charge on any atom is -0.480 e. The summed E-state index contributed by atoms with van der Waals surface area (Å²) in [6.45, 7) is 5.51. The quantitative estimate of drug-likeness (QED) is 0.0210. The number of hydrogen-bond acceptors (Lipinski definition) is 15. The van der Waals surface area contributed by atoms with Crippen LogP contribution in [0.4, 0.5) is 28.8 Å². The van der Waals surface area contributed by atoms with E-state index in [1.54, 1.807) is 0 Å². The topological polar surface area (TPSA) is 342 Å². The Morgan fingerprint density at radius 2 is 0.528 bits per heavy atom. The summed E-state index contributed by atoms with van der Waals surface area (Å²) < 4.78 is 30.5. The first-order chi connectivity index (χ1) is 34.7. The highest BCUT2D eigenvalue weighted by molar-refractivity contribution is 5.81. The van der Waals surface area contributed by atoms with Crippen LogP contribution < -0.4 is 31.9 Å². The lowest BCUT2D eigenvalue weighted by Gasteiger charge is -2.15. The van der Waals surface area contributed by atoms with Gasteiger partial charge in [-0.3, -0.25) is 0 Å². The van der Waals surface area contributed by atoms with Gasteiger partial charge in [0.05, 0.1) is 39.6 Å². The predicted molar refractivity (Wildman–Crippen MR) is 263 cm³/mol. The highest BCUT2D eigenvalue weighted by atomic mass is 16.6. The molecule has 3 atom stereocenters. The third-order valence-corrected chi connectivity index (χ3v) is 10.8. The number of aliphatic carboxylic acids is 3. The molecule has 24 heteroatoms. The molecule has 0 spiro atoms. The summed E-state index contributed by atoms with van der Waals surface area (Å²) in [6.07, 6.45) is 12.3. The van der Waals surface area contributed by atoms with Crippen LogP contribution in [0, 0.1) is 0 Å². The number of hydrogen-bond donors (Lipinski definition) is 9. The Bertz CT molecular complexity index is 1530. The molecule has 0 aromatic carbocycles. The molecular formula is C48H86N6O18. The SMILES string of the molecule is CCCCCCCCOC(=O)NC(CCCCNC(=O)OCCCCOC(=O)NCCCCC(NC(=O)OCCCCOC(=O)NCCCCC(NC(=O)OCCCCCCCC)C(=O)O)C(=O)O)C(=O)O. The van der Waals surface area contributed by atoms with E-state index in [4.69, 9.17) is 28.4 Å². The van der Waals surface area contributed by atoms with Gasteiger partial charge in [0.15, 0.2) is 0 Å². The second-order valence-electron chi connectivity index (χ2n) is 17.1. The van der Waals surface area contributed by atoms with Gasteiger partial charge >= 0.3 is 54.5 Å². The van der Waals surface area contributed by atoms with Crippen molar-refractivity contribution in [3.8, 4) is 0 Å². The monoisotopic (exact) mass is 1030 g/mol. The van der Waals surface area contributed by atoms with Crippen molar-refractivity contribution >= 4 is 54.5 Å². The van der Waals surface area contributed by atoms with Gasteiger partial charge in [-0.1, -0.05) is 78.1 Å². The van der Waals surface area contributed by atoms with Crippen molar-refractivity contribution in [2.75, 3.05) is 59.3 Å². The Hall–Kier alpha value is -5.97. The molecule has 6 amide bonds. The molecule has 72 heavy (non-hydrogen) atoms. The highest BCUT2D eigenvalue weighted by Gasteiger charge is 2.22. The second kappa shape index (κ2) is 46.1. The third kappa shape index (κ3) is 41.8. The second-order valence-corrected chi connectivity index (χ2v) is 17.1. The summed E-state index contributed by atoms with van der Waals surface area (Å²) in [5.41, 5.74) is 0. The summed E-state index contributed by atoms with van der Waals surface area (Å²) >= 11 is 0. The number of nitrogens with one attached hydrogen (secondary N) is 6. The maximum absolute atomic E-state index is 12.2. The first-order valence-corrected chi connectivity index (χ1v) is 25.9. The van der Waals surface area contributed by atoms with Gasteiger partial charge in [-0.15, -0.1) is 0 Å². The van der Waals surface area contributed by atoms with Gasteiger partial charge in [0.2, 0.25) is 0 Å². The van der Waals surface area contributed by atoms with Crippen LogP contribution in [-0.2, 0) is 42.8 Å². The van der Waals surface area contributed by atoms with E-state index in [0.717, 1.165) is 64.2 Å². The normalized spacial score (nSPS) is 11.9. The molecule has 0 aliphatic heterocycles. The number of carbonyl (C=O) groups excluding carboxylic acids is 6. The molecule has 0 aliphatic carbocycles. The van der Waals surface area contributed by atoms with Crippen molar-refractivity contribution in [1.82, 2.24) is 31.9 Å². The van der Waals surface area contributed by atoms with Gasteiger partial charge in [-0.25, -0.2) is 43.2 Å². The van der Waals surface area contributed by atoms with Crippen molar-refractivity contribution in [3.05, 3.63) is 0 Å². The third-order valence-electron chi connectivity index (χ3n) is 10.8. The van der Waals surface area contributed by atoms with Gasteiger partial charge in [0.1, 0.15) is 18.1 Å². The Morgan fingerprint density at radius 1 is 0.306 bits per heavy atom. The summed E-state index contributed by atoms with van der Waals surface area (Å²) in [6, 6.07) is -3.44. The Balaban J connectivity index is 3.93. The summed E-state index contributed by atoms with van der Waals surface area (Å²) in [4.78, 5) is 107. The zero-order valence-corrected chi connectivity index (χ0v) is 42.7. The van der Waals surface area contributed by atoms with Crippen LogP contribution in [0.25, 0.3) is 0 Å². The van der Waals surface area contributed by atoms with Gasteiger partial charge in [-0.2, -0.15) is 0 Å². The van der Waals surface area contributed by atoms with E-state index in [1.165, 1.54) is 12.8 Å². The highest BCUT2D eigenvalue weighted by Crippen LogP contribution is 2.09. The standard InChI is InChI=1S/C48H86N6O18/c1-3-5-7-9-11-19-31-70-46(64)52-37(40(55)56)25-13-16-28-49-43(61)67-33-21-22-34-68-44(62)50-29-18-15-27-39(42(59)60)54-48(66)72-36-24-23-35-69-45(63)51-30-17-14-26-38(41(57)58)53-47(65)71-32-20-12-10-8-6-4-2/h37-39H,3-36H2,1-2H3,(H,49,61)(H,50,62)(H,51,63)(H,52,64)(H,53,65)(H,54,66)(H,55,56)(H,57,58)(H,59,60). The van der Waals surface area contributed by atoms with Gasteiger partial charge < -0.3 is 75.6 Å². The fourth-order valence-electron chi connectivity index (χ4n) is 6.63. The largest absolute Gasteiger partial charge is 0.480 e. The van der Waals surface area contributed by atoms with Crippen LogP contribution in [-0.4, -0.2) is 147 Å². The molecule has 416 valence electrons. The smallest absolute Gasteiger partial charge is 0.407 e. The summed E-state index contributed by atoms with van der Waals surface area (Å²) in [5.74, 6) is -3.61. The lowest BCUT2D eigenvalue weighted by atomic mass is 10.1. The maximum atomic E-state index is 12.2. The predicted octanol–water partition coefficient (Wildman–Crippen LogP) is 7.50. The minimum absolute atomic E-state index is 0.0306. The molecule has 0 fully saturated rings. The number of unbranched alkanes of at least 4 members (excludes halogenated alkanes) is 15. The molecule has 0 aromatic rings. The molecule has 3 unspecified atom stereocenters. The molecular weight excluding hydrogens is 949 g/mol. The van der Waals surface area contributed by atoms with E-state index in [-0.39, 0.29) is 78.5 Å². The zero-order chi connectivity index (χ0) is 53.5. The lowest BCUT2D eigenvalue weighted by Crippen LogP contribution is -2.41. The minimum atomic E-state index is -1.26. The number of carbonyl (C=O) groups is 9. The van der Waals surface area contributed by atoms with E-state index in [1.807, 2.05) is 0 Å².